The summed E-state index contributed by atoms with van der Waals surface area (Å²) in [6.45, 7) is 1.25. The lowest BCUT2D eigenvalue weighted by molar-refractivity contribution is 0.306. The van der Waals surface area contributed by atoms with E-state index in [2.05, 4.69) is 17.1 Å². The minimum Gasteiger partial charge on any atom is -0.489 e. The van der Waals surface area contributed by atoms with Crippen LogP contribution in [0.1, 0.15) is 11.1 Å². The lowest BCUT2D eigenvalue weighted by Gasteiger charge is -2.06. The summed E-state index contributed by atoms with van der Waals surface area (Å²) in [6.07, 6.45) is 4.44. The Morgan fingerprint density at radius 2 is 1.65 bits per heavy atom. The van der Waals surface area contributed by atoms with Gasteiger partial charge in [-0.05, 0) is 48.4 Å². The molecule has 88 valence electrons. The second-order valence-corrected chi connectivity index (χ2v) is 3.83. The van der Waals surface area contributed by atoms with Crippen LogP contribution in [0.4, 0.5) is 0 Å². The zero-order valence-electron chi connectivity index (χ0n) is 9.67. The lowest BCUT2D eigenvalue weighted by atomic mass is 10.1. The molecular formula is C14H16N2O. The first-order chi connectivity index (χ1) is 8.38. The molecule has 0 aliphatic rings. The lowest BCUT2D eigenvalue weighted by Crippen LogP contribution is -2.02. The molecule has 17 heavy (non-hydrogen) atoms. The Balaban J connectivity index is 1.91. The molecule has 0 saturated heterocycles. The van der Waals surface area contributed by atoms with Gasteiger partial charge < -0.3 is 10.5 Å². The average Bonchev–Trinajstić information content (AvgIpc) is 2.40. The van der Waals surface area contributed by atoms with Gasteiger partial charge in [-0.25, -0.2) is 0 Å². The first kappa shape index (κ1) is 11.6. The number of aromatic nitrogens is 1. The molecule has 0 saturated carbocycles. The third kappa shape index (κ3) is 3.57. The standard InChI is InChI=1S/C14H16N2O/c15-8-5-12-1-3-14(4-2-12)17-11-13-6-9-16-10-7-13/h1-4,6-7,9-10H,5,8,11,15H2. The Morgan fingerprint density at radius 1 is 0.941 bits per heavy atom. The van der Waals surface area contributed by atoms with E-state index >= 15 is 0 Å². The molecule has 3 nitrogen and oxygen atoms in total. The molecule has 2 rings (SSSR count). The van der Waals surface area contributed by atoms with E-state index in [-0.39, 0.29) is 0 Å². The molecule has 0 amide bonds. The predicted molar refractivity (Wildman–Crippen MR) is 67.8 cm³/mol. The zero-order valence-corrected chi connectivity index (χ0v) is 9.67. The van der Waals surface area contributed by atoms with Gasteiger partial charge in [0.05, 0.1) is 0 Å². The van der Waals surface area contributed by atoms with Gasteiger partial charge in [-0.2, -0.15) is 0 Å². The third-order valence-corrected chi connectivity index (χ3v) is 2.51. The third-order valence-electron chi connectivity index (χ3n) is 2.51. The van der Waals surface area contributed by atoms with Gasteiger partial charge in [-0.3, -0.25) is 4.98 Å². The highest BCUT2D eigenvalue weighted by atomic mass is 16.5. The molecule has 0 radical (unpaired) electrons. The van der Waals surface area contributed by atoms with E-state index < -0.39 is 0 Å². The SMILES string of the molecule is NCCc1ccc(OCc2ccncc2)cc1. The molecule has 0 bridgehead atoms. The van der Waals surface area contributed by atoms with Crippen molar-refractivity contribution in [3.63, 3.8) is 0 Å². The molecule has 0 unspecified atom stereocenters. The van der Waals surface area contributed by atoms with Crippen LogP contribution in [-0.2, 0) is 13.0 Å². The highest BCUT2D eigenvalue weighted by Gasteiger charge is 1.96. The summed E-state index contributed by atoms with van der Waals surface area (Å²) in [5, 5.41) is 0. The van der Waals surface area contributed by atoms with Crippen LogP contribution in [0.3, 0.4) is 0 Å². The van der Waals surface area contributed by atoms with Crippen molar-refractivity contribution in [2.24, 2.45) is 5.73 Å². The molecule has 0 fully saturated rings. The number of pyridine rings is 1. The predicted octanol–water partition coefficient (Wildman–Crippen LogP) is 2.16. The Kier molecular flexibility index (Phi) is 4.11. The van der Waals surface area contributed by atoms with Crippen molar-refractivity contribution in [1.82, 2.24) is 4.98 Å². The molecule has 2 aromatic rings. The van der Waals surface area contributed by atoms with E-state index in [1.807, 2.05) is 24.3 Å². The van der Waals surface area contributed by atoms with Crippen LogP contribution in [-0.4, -0.2) is 11.5 Å². The normalized spacial score (nSPS) is 10.2. The van der Waals surface area contributed by atoms with Gasteiger partial charge in [0.2, 0.25) is 0 Å². The Morgan fingerprint density at radius 3 is 2.29 bits per heavy atom. The van der Waals surface area contributed by atoms with E-state index in [9.17, 15) is 0 Å². The van der Waals surface area contributed by atoms with E-state index in [1.165, 1.54) is 5.56 Å². The van der Waals surface area contributed by atoms with Gasteiger partial charge in [0.15, 0.2) is 0 Å². The van der Waals surface area contributed by atoms with Crippen molar-refractivity contribution >= 4 is 0 Å². The van der Waals surface area contributed by atoms with E-state index in [0.717, 1.165) is 17.7 Å². The van der Waals surface area contributed by atoms with Gasteiger partial charge in [-0.15, -0.1) is 0 Å². The Bertz CT molecular complexity index is 440. The fourth-order valence-electron chi connectivity index (χ4n) is 1.56. The van der Waals surface area contributed by atoms with Gasteiger partial charge in [0, 0.05) is 12.4 Å². The van der Waals surface area contributed by atoms with Crippen molar-refractivity contribution in [1.29, 1.82) is 0 Å². The van der Waals surface area contributed by atoms with Gasteiger partial charge in [-0.1, -0.05) is 12.1 Å². The first-order valence-electron chi connectivity index (χ1n) is 5.69. The number of benzene rings is 1. The Hall–Kier alpha value is -1.87. The maximum atomic E-state index is 5.67. The number of ether oxygens (including phenoxy) is 1. The van der Waals surface area contributed by atoms with E-state index in [0.29, 0.717) is 13.2 Å². The number of nitrogens with zero attached hydrogens (tertiary/aromatic N) is 1. The Labute approximate surface area is 101 Å². The largest absolute Gasteiger partial charge is 0.489 e. The molecule has 0 spiro atoms. The smallest absolute Gasteiger partial charge is 0.119 e. The van der Waals surface area contributed by atoms with Crippen LogP contribution >= 0.6 is 0 Å². The second-order valence-electron chi connectivity index (χ2n) is 3.83. The summed E-state index contributed by atoms with van der Waals surface area (Å²) in [4.78, 5) is 3.97. The summed E-state index contributed by atoms with van der Waals surface area (Å²) in [6, 6.07) is 12.0. The molecule has 0 aliphatic carbocycles. The number of hydrogen-bond donors (Lipinski definition) is 1. The van der Waals surface area contributed by atoms with Crippen LogP contribution < -0.4 is 10.5 Å². The van der Waals surface area contributed by atoms with Crippen LogP contribution in [0.15, 0.2) is 48.8 Å². The summed E-state index contributed by atoms with van der Waals surface area (Å²) in [5.74, 6) is 0.877. The maximum Gasteiger partial charge on any atom is 0.119 e. The van der Waals surface area contributed by atoms with Gasteiger partial charge in [0.25, 0.3) is 0 Å². The number of hydrogen-bond acceptors (Lipinski definition) is 3. The van der Waals surface area contributed by atoms with Crippen LogP contribution in [0.25, 0.3) is 0 Å². The van der Waals surface area contributed by atoms with Crippen molar-refractivity contribution < 1.29 is 4.74 Å². The van der Waals surface area contributed by atoms with E-state index in [4.69, 9.17) is 10.5 Å². The van der Waals surface area contributed by atoms with Crippen LogP contribution in [0.5, 0.6) is 5.75 Å². The molecular weight excluding hydrogens is 212 g/mol. The number of nitrogens with two attached hydrogens (primary N) is 1. The fourth-order valence-corrected chi connectivity index (χ4v) is 1.56. The highest BCUT2D eigenvalue weighted by molar-refractivity contribution is 5.27. The van der Waals surface area contributed by atoms with Crippen molar-refractivity contribution in [3.8, 4) is 5.75 Å². The molecule has 0 atom stereocenters. The summed E-state index contributed by atoms with van der Waals surface area (Å²) in [5.41, 5.74) is 7.85. The zero-order chi connectivity index (χ0) is 11.9. The molecule has 2 N–H and O–H groups in total. The van der Waals surface area contributed by atoms with Gasteiger partial charge in [0.1, 0.15) is 12.4 Å². The fraction of sp³-hybridized carbons (Fsp3) is 0.214. The highest BCUT2D eigenvalue weighted by Crippen LogP contribution is 2.14. The molecule has 0 aliphatic heterocycles. The molecule has 1 aromatic carbocycles. The minimum absolute atomic E-state index is 0.568. The summed E-state index contributed by atoms with van der Waals surface area (Å²) in [7, 11) is 0. The average molecular weight is 228 g/mol. The van der Waals surface area contributed by atoms with Crippen LogP contribution in [0, 0.1) is 0 Å². The quantitative estimate of drug-likeness (QED) is 0.853. The van der Waals surface area contributed by atoms with Gasteiger partial charge >= 0.3 is 0 Å². The molecule has 3 heteroatoms. The van der Waals surface area contributed by atoms with Crippen LogP contribution in [0.2, 0.25) is 0 Å². The number of rotatable bonds is 5. The first-order valence-corrected chi connectivity index (χ1v) is 5.69. The minimum atomic E-state index is 0.568. The summed E-state index contributed by atoms with van der Waals surface area (Å²) >= 11 is 0. The maximum absolute atomic E-state index is 5.67. The molecule has 1 aromatic heterocycles. The monoisotopic (exact) mass is 228 g/mol. The van der Waals surface area contributed by atoms with E-state index in [1.54, 1.807) is 12.4 Å². The van der Waals surface area contributed by atoms with Crippen molar-refractivity contribution in [2.75, 3.05) is 6.54 Å². The van der Waals surface area contributed by atoms with Crippen molar-refractivity contribution in [3.05, 3.63) is 59.9 Å². The summed E-state index contributed by atoms with van der Waals surface area (Å²) < 4.78 is 5.67. The second kappa shape index (κ2) is 6.01. The topological polar surface area (TPSA) is 48.1 Å². The van der Waals surface area contributed by atoms with Crippen molar-refractivity contribution in [2.45, 2.75) is 13.0 Å². The molecule has 1 heterocycles.